The minimum atomic E-state index is -0.963. The van der Waals surface area contributed by atoms with E-state index in [4.69, 9.17) is 9.15 Å². The van der Waals surface area contributed by atoms with E-state index in [0.717, 1.165) is 11.1 Å². The van der Waals surface area contributed by atoms with Crippen LogP contribution in [0.25, 0.3) is 11.3 Å². The minimum absolute atomic E-state index is 0.00152. The number of carbonyl (C=O) groups is 3. The Morgan fingerprint density at radius 1 is 0.966 bits per heavy atom. The van der Waals surface area contributed by atoms with Gasteiger partial charge in [-0.25, -0.2) is 4.79 Å². The Kier molecular flexibility index (Phi) is 6.24. The van der Waals surface area contributed by atoms with E-state index in [-0.39, 0.29) is 11.5 Å². The van der Waals surface area contributed by atoms with E-state index in [1.165, 1.54) is 19.9 Å². The SMILES string of the molecule is CC(=O)c1ccc(-c2ccc(C(=O)O[C@@H](C)C(=O)NCc3ccccc3)o2)cc1. The molecule has 0 aliphatic rings. The average molecular weight is 391 g/mol. The summed E-state index contributed by atoms with van der Waals surface area (Å²) in [5, 5.41) is 2.73. The third-order valence-corrected chi connectivity index (χ3v) is 4.35. The Morgan fingerprint density at radius 3 is 2.31 bits per heavy atom. The van der Waals surface area contributed by atoms with Crippen molar-refractivity contribution in [2.75, 3.05) is 0 Å². The van der Waals surface area contributed by atoms with Gasteiger partial charge in [0.1, 0.15) is 5.76 Å². The summed E-state index contributed by atoms with van der Waals surface area (Å²) in [5.41, 5.74) is 2.27. The molecule has 1 atom stereocenters. The number of hydrogen-bond donors (Lipinski definition) is 1. The highest BCUT2D eigenvalue weighted by atomic mass is 16.6. The first-order valence-electron chi connectivity index (χ1n) is 9.18. The van der Waals surface area contributed by atoms with E-state index in [9.17, 15) is 14.4 Å². The van der Waals surface area contributed by atoms with Gasteiger partial charge in [-0.2, -0.15) is 0 Å². The van der Waals surface area contributed by atoms with Crippen LogP contribution >= 0.6 is 0 Å². The molecule has 29 heavy (non-hydrogen) atoms. The zero-order valence-corrected chi connectivity index (χ0v) is 16.2. The van der Waals surface area contributed by atoms with Gasteiger partial charge in [-0.05, 0) is 31.5 Å². The zero-order chi connectivity index (χ0) is 20.8. The van der Waals surface area contributed by atoms with Gasteiger partial charge < -0.3 is 14.5 Å². The Morgan fingerprint density at radius 2 is 1.66 bits per heavy atom. The van der Waals surface area contributed by atoms with Crippen molar-refractivity contribution < 1.29 is 23.5 Å². The van der Waals surface area contributed by atoms with Crippen LogP contribution in [0, 0.1) is 0 Å². The van der Waals surface area contributed by atoms with Gasteiger partial charge in [-0.15, -0.1) is 0 Å². The van der Waals surface area contributed by atoms with Gasteiger partial charge in [0.15, 0.2) is 11.9 Å². The number of furan rings is 1. The molecule has 0 aliphatic heterocycles. The first-order chi connectivity index (χ1) is 13.9. The summed E-state index contributed by atoms with van der Waals surface area (Å²) in [7, 11) is 0. The van der Waals surface area contributed by atoms with Crippen molar-refractivity contribution in [1.82, 2.24) is 5.32 Å². The molecule has 1 N–H and O–H groups in total. The van der Waals surface area contributed by atoms with Crippen LogP contribution in [-0.4, -0.2) is 23.8 Å². The molecule has 0 spiro atoms. The Bertz CT molecular complexity index is 1010. The third kappa shape index (κ3) is 5.19. The van der Waals surface area contributed by atoms with Crippen LogP contribution in [0.15, 0.2) is 71.1 Å². The predicted octanol–water partition coefficient (Wildman–Crippen LogP) is 4.01. The summed E-state index contributed by atoms with van der Waals surface area (Å²) in [6.07, 6.45) is -0.963. The zero-order valence-electron chi connectivity index (χ0n) is 16.2. The van der Waals surface area contributed by atoms with E-state index in [2.05, 4.69) is 5.32 Å². The topological polar surface area (TPSA) is 85.6 Å². The number of Topliss-reactive ketones (excluding diaryl/α,β-unsaturated/α-hetero) is 1. The number of benzene rings is 2. The number of carbonyl (C=O) groups excluding carboxylic acids is 3. The quantitative estimate of drug-likeness (QED) is 0.486. The lowest BCUT2D eigenvalue weighted by Crippen LogP contribution is -2.35. The van der Waals surface area contributed by atoms with Crippen molar-refractivity contribution in [1.29, 1.82) is 0 Å². The van der Waals surface area contributed by atoms with Crippen LogP contribution in [0.1, 0.15) is 40.3 Å². The highest BCUT2D eigenvalue weighted by molar-refractivity contribution is 5.94. The second-order valence-corrected chi connectivity index (χ2v) is 6.55. The molecule has 6 heteroatoms. The average Bonchev–Trinajstić information content (AvgIpc) is 3.23. The van der Waals surface area contributed by atoms with Crippen LogP contribution in [0.2, 0.25) is 0 Å². The first-order valence-corrected chi connectivity index (χ1v) is 9.18. The number of amides is 1. The molecule has 3 aromatic rings. The van der Waals surface area contributed by atoms with Crippen molar-refractivity contribution in [3.63, 3.8) is 0 Å². The maximum absolute atomic E-state index is 12.3. The standard InChI is InChI=1S/C23H21NO5/c1-15(25)18-8-10-19(11-9-18)20-12-13-21(29-20)23(27)28-16(2)22(26)24-14-17-6-4-3-5-7-17/h3-13,16H,14H2,1-2H3,(H,24,26)/t16-/m0/s1. The molecule has 3 rings (SSSR count). The van der Waals surface area contributed by atoms with Crippen molar-refractivity contribution in [2.24, 2.45) is 0 Å². The van der Waals surface area contributed by atoms with Crippen LogP contribution in [0.3, 0.4) is 0 Å². The second-order valence-electron chi connectivity index (χ2n) is 6.55. The van der Waals surface area contributed by atoms with Gasteiger partial charge in [-0.1, -0.05) is 54.6 Å². The van der Waals surface area contributed by atoms with Crippen molar-refractivity contribution in [2.45, 2.75) is 26.5 Å². The normalized spacial score (nSPS) is 11.5. The van der Waals surface area contributed by atoms with Crippen LogP contribution < -0.4 is 5.32 Å². The van der Waals surface area contributed by atoms with E-state index in [1.54, 1.807) is 30.3 Å². The van der Waals surface area contributed by atoms with E-state index in [0.29, 0.717) is 17.9 Å². The van der Waals surface area contributed by atoms with E-state index >= 15 is 0 Å². The number of ether oxygens (including phenoxy) is 1. The molecule has 0 saturated carbocycles. The van der Waals surface area contributed by atoms with Crippen LogP contribution in [0.5, 0.6) is 0 Å². The number of hydrogen-bond acceptors (Lipinski definition) is 5. The molecular weight excluding hydrogens is 370 g/mol. The monoisotopic (exact) mass is 391 g/mol. The smallest absolute Gasteiger partial charge is 0.375 e. The molecule has 1 aromatic heterocycles. The lowest BCUT2D eigenvalue weighted by molar-refractivity contribution is -0.129. The highest BCUT2D eigenvalue weighted by Gasteiger charge is 2.21. The van der Waals surface area contributed by atoms with Gasteiger partial charge in [0.2, 0.25) is 5.76 Å². The summed E-state index contributed by atoms with van der Waals surface area (Å²) in [6.45, 7) is 3.35. The molecule has 6 nitrogen and oxygen atoms in total. The summed E-state index contributed by atoms with van der Waals surface area (Å²) in [6, 6.07) is 19.4. The number of ketones is 1. The van der Waals surface area contributed by atoms with Crippen molar-refractivity contribution in [3.8, 4) is 11.3 Å². The maximum Gasteiger partial charge on any atom is 0.375 e. The summed E-state index contributed by atoms with van der Waals surface area (Å²) in [4.78, 5) is 35.8. The Labute approximate surface area is 168 Å². The fraction of sp³-hybridized carbons (Fsp3) is 0.174. The van der Waals surface area contributed by atoms with Gasteiger partial charge in [-0.3, -0.25) is 9.59 Å². The molecule has 148 valence electrons. The number of nitrogens with one attached hydrogen (secondary N) is 1. The van der Waals surface area contributed by atoms with Crippen molar-refractivity contribution >= 4 is 17.7 Å². The molecule has 0 fully saturated rings. The van der Waals surface area contributed by atoms with Gasteiger partial charge in [0.05, 0.1) is 0 Å². The van der Waals surface area contributed by atoms with Crippen LogP contribution in [0.4, 0.5) is 0 Å². The van der Waals surface area contributed by atoms with Gasteiger partial charge in [0.25, 0.3) is 5.91 Å². The molecule has 0 bridgehead atoms. The van der Waals surface area contributed by atoms with E-state index in [1.807, 2.05) is 30.3 Å². The summed E-state index contributed by atoms with van der Waals surface area (Å²) < 4.78 is 10.7. The van der Waals surface area contributed by atoms with E-state index < -0.39 is 18.0 Å². The molecule has 0 saturated heterocycles. The Hall–Kier alpha value is -3.67. The van der Waals surface area contributed by atoms with Crippen molar-refractivity contribution in [3.05, 3.63) is 83.6 Å². The largest absolute Gasteiger partial charge is 0.449 e. The molecule has 0 radical (unpaired) electrons. The van der Waals surface area contributed by atoms with Crippen LogP contribution in [-0.2, 0) is 16.1 Å². The highest BCUT2D eigenvalue weighted by Crippen LogP contribution is 2.23. The maximum atomic E-state index is 12.3. The molecule has 1 heterocycles. The lowest BCUT2D eigenvalue weighted by Gasteiger charge is -2.12. The fourth-order valence-corrected chi connectivity index (χ4v) is 2.67. The van der Waals surface area contributed by atoms with Gasteiger partial charge >= 0.3 is 5.97 Å². The first kappa shape index (κ1) is 20.1. The molecule has 2 aromatic carbocycles. The number of esters is 1. The minimum Gasteiger partial charge on any atom is -0.449 e. The molecule has 0 aliphatic carbocycles. The molecule has 0 unspecified atom stereocenters. The molecular formula is C23H21NO5. The number of rotatable bonds is 7. The summed E-state index contributed by atoms with van der Waals surface area (Å²) in [5.74, 6) is -0.681. The third-order valence-electron chi connectivity index (χ3n) is 4.35. The second kappa shape index (κ2) is 9.01. The Balaban J connectivity index is 1.57. The predicted molar refractivity (Wildman–Crippen MR) is 107 cm³/mol. The van der Waals surface area contributed by atoms with Gasteiger partial charge in [0, 0.05) is 17.7 Å². The molecule has 1 amide bonds. The summed E-state index contributed by atoms with van der Waals surface area (Å²) >= 11 is 0. The fourth-order valence-electron chi connectivity index (χ4n) is 2.67. The lowest BCUT2D eigenvalue weighted by atomic mass is 10.1.